The molecule has 0 aliphatic carbocycles. The molecule has 0 aromatic carbocycles. The van der Waals surface area contributed by atoms with Crippen molar-refractivity contribution in [3.63, 3.8) is 0 Å². The van der Waals surface area contributed by atoms with Crippen LogP contribution in [0.25, 0.3) is 0 Å². The highest BCUT2D eigenvalue weighted by Crippen LogP contribution is 2.05. The van der Waals surface area contributed by atoms with Crippen LogP contribution in [0, 0.1) is 0 Å². The Morgan fingerprint density at radius 3 is 3.10 bits per heavy atom. The summed E-state index contributed by atoms with van der Waals surface area (Å²) in [6, 6.07) is 0. The molecule has 0 radical (unpaired) electrons. The third-order valence-electron chi connectivity index (χ3n) is 1.25. The summed E-state index contributed by atoms with van der Waals surface area (Å²) < 4.78 is 4.94. The van der Waals surface area contributed by atoms with Gasteiger partial charge in [0.1, 0.15) is 11.5 Å². The van der Waals surface area contributed by atoms with Gasteiger partial charge in [-0.1, -0.05) is 0 Å². The van der Waals surface area contributed by atoms with Crippen LogP contribution in [0.5, 0.6) is 0 Å². The second kappa shape index (κ2) is 3.34. The quantitative estimate of drug-likeness (QED) is 0.606. The third-order valence-corrected chi connectivity index (χ3v) is 1.25. The molecule has 1 heterocycles. The smallest absolute Gasteiger partial charge is 0.181 e. The summed E-state index contributed by atoms with van der Waals surface area (Å²) >= 11 is 0. The number of oxazole rings is 1. The van der Waals surface area contributed by atoms with E-state index in [1.165, 1.54) is 6.39 Å². The summed E-state index contributed by atoms with van der Waals surface area (Å²) in [5.74, 6) is 0.685. The number of aromatic nitrogens is 1. The molecule has 4 nitrogen and oxygen atoms in total. The van der Waals surface area contributed by atoms with Crippen LogP contribution in [0.3, 0.4) is 0 Å². The molecule has 0 atom stereocenters. The van der Waals surface area contributed by atoms with Crippen LogP contribution in [0.2, 0.25) is 0 Å². The van der Waals surface area contributed by atoms with Crippen molar-refractivity contribution < 1.29 is 9.52 Å². The van der Waals surface area contributed by atoms with Gasteiger partial charge in [0.15, 0.2) is 6.39 Å². The van der Waals surface area contributed by atoms with Gasteiger partial charge < -0.3 is 15.3 Å². The monoisotopic (exact) mass is 142 g/mol. The normalized spacial score (nSPS) is 10.2. The molecule has 3 N–H and O–H groups in total. The van der Waals surface area contributed by atoms with Gasteiger partial charge in [0.25, 0.3) is 0 Å². The van der Waals surface area contributed by atoms with Gasteiger partial charge in [-0.25, -0.2) is 4.98 Å². The van der Waals surface area contributed by atoms with Gasteiger partial charge in [-0.15, -0.1) is 0 Å². The summed E-state index contributed by atoms with van der Waals surface area (Å²) in [6.07, 6.45) is 1.95. The highest BCUT2D eigenvalue weighted by Gasteiger charge is 2.04. The molecule has 0 bridgehead atoms. The summed E-state index contributed by atoms with van der Waals surface area (Å²) in [5, 5.41) is 8.67. The fourth-order valence-corrected chi connectivity index (χ4v) is 0.757. The van der Waals surface area contributed by atoms with Crippen molar-refractivity contribution in [2.75, 3.05) is 6.54 Å². The van der Waals surface area contributed by atoms with E-state index in [2.05, 4.69) is 4.98 Å². The van der Waals surface area contributed by atoms with Gasteiger partial charge >= 0.3 is 0 Å². The SMILES string of the molecule is NCCc1ocnc1CO. The first-order valence-corrected chi connectivity index (χ1v) is 3.10. The van der Waals surface area contributed by atoms with Crippen molar-refractivity contribution >= 4 is 0 Å². The molecule has 56 valence electrons. The summed E-state index contributed by atoms with van der Waals surface area (Å²) in [4.78, 5) is 3.78. The molecule has 1 aromatic rings. The van der Waals surface area contributed by atoms with E-state index in [1.54, 1.807) is 0 Å². The molecule has 0 saturated heterocycles. The zero-order valence-electron chi connectivity index (χ0n) is 5.58. The Bertz CT molecular complexity index is 197. The number of aliphatic hydroxyl groups is 1. The average Bonchev–Trinajstić information content (AvgIpc) is 2.36. The molecule has 0 fully saturated rings. The van der Waals surface area contributed by atoms with E-state index < -0.39 is 0 Å². The number of hydrogen-bond donors (Lipinski definition) is 2. The number of hydrogen-bond acceptors (Lipinski definition) is 4. The van der Waals surface area contributed by atoms with Gasteiger partial charge in [-0.2, -0.15) is 0 Å². The summed E-state index contributed by atoms with van der Waals surface area (Å²) in [5.41, 5.74) is 5.86. The number of rotatable bonds is 3. The molecule has 0 aliphatic heterocycles. The molecule has 1 rings (SSSR count). The maximum atomic E-state index is 8.67. The Labute approximate surface area is 58.7 Å². The minimum absolute atomic E-state index is 0.0775. The topological polar surface area (TPSA) is 72.3 Å². The van der Waals surface area contributed by atoms with Gasteiger partial charge in [-0.3, -0.25) is 0 Å². The fourth-order valence-electron chi connectivity index (χ4n) is 0.757. The predicted molar refractivity (Wildman–Crippen MR) is 35.2 cm³/mol. The maximum absolute atomic E-state index is 8.67. The Morgan fingerprint density at radius 1 is 1.70 bits per heavy atom. The van der Waals surface area contributed by atoms with Crippen LogP contribution >= 0.6 is 0 Å². The Balaban J connectivity index is 2.70. The Kier molecular flexibility index (Phi) is 2.42. The maximum Gasteiger partial charge on any atom is 0.181 e. The third kappa shape index (κ3) is 1.34. The van der Waals surface area contributed by atoms with Gasteiger partial charge in [0.05, 0.1) is 6.61 Å². The van der Waals surface area contributed by atoms with E-state index in [-0.39, 0.29) is 6.61 Å². The van der Waals surface area contributed by atoms with Crippen molar-refractivity contribution in [1.29, 1.82) is 0 Å². The molecular weight excluding hydrogens is 132 g/mol. The van der Waals surface area contributed by atoms with Gasteiger partial charge in [0.2, 0.25) is 0 Å². The molecule has 0 saturated carbocycles. The summed E-state index contributed by atoms with van der Waals surface area (Å²) in [7, 11) is 0. The van der Waals surface area contributed by atoms with Crippen molar-refractivity contribution in [3.8, 4) is 0 Å². The molecule has 0 spiro atoms. The van der Waals surface area contributed by atoms with Crippen molar-refractivity contribution in [1.82, 2.24) is 4.98 Å². The van der Waals surface area contributed by atoms with Crippen LogP contribution in [0.4, 0.5) is 0 Å². The first kappa shape index (κ1) is 7.24. The van der Waals surface area contributed by atoms with E-state index in [9.17, 15) is 0 Å². The first-order chi connectivity index (χ1) is 4.88. The first-order valence-electron chi connectivity index (χ1n) is 3.10. The second-order valence-corrected chi connectivity index (χ2v) is 1.92. The highest BCUT2D eigenvalue weighted by molar-refractivity contribution is 5.05. The lowest BCUT2D eigenvalue weighted by Crippen LogP contribution is -2.03. The Hall–Kier alpha value is -0.870. The van der Waals surface area contributed by atoms with E-state index >= 15 is 0 Å². The van der Waals surface area contributed by atoms with Crippen LogP contribution in [-0.2, 0) is 13.0 Å². The van der Waals surface area contributed by atoms with Crippen molar-refractivity contribution in [2.45, 2.75) is 13.0 Å². The largest absolute Gasteiger partial charge is 0.448 e. The number of nitrogens with zero attached hydrogens (tertiary/aromatic N) is 1. The van der Waals surface area contributed by atoms with Gasteiger partial charge in [-0.05, 0) is 6.54 Å². The fraction of sp³-hybridized carbons (Fsp3) is 0.500. The van der Waals surface area contributed by atoms with Gasteiger partial charge in [0, 0.05) is 6.42 Å². The molecular formula is C6H10N2O2. The molecule has 10 heavy (non-hydrogen) atoms. The van der Waals surface area contributed by atoms with E-state index in [1.807, 2.05) is 0 Å². The lowest BCUT2D eigenvalue weighted by atomic mass is 10.3. The predicted octanol–water partition coefficient (Wildman–Crippen LogP) is -0.332. The van der Waals surface area contributed by atoms with Crippen molar-refractivity contribution in [3.05, 3.63) is 17.8 Å². The second-order valence-electron chi connectivity index (χ2n) is 1.92. The van der Waals surface area contributed by atoms with E-state index in [4.69, 9.17) is 15.3 Å². The number of aliphatic hydroxyl groups excluding tert-OH is 1. The lowest BCUT2D eigenvalue weighted by Gasteiger charge is -1.92. The summed E-state index contributed by atoms with van der Waals surface area (Å²) in [6.45, 7) is 0.439. The Morgan fingerprint density at radius 2 is 2.50 bits per heavy atom. The minimum atomic E-state index is -0.0775. The van der Waals surface area contributed by atoms with E-state index in [0.29, 0.717) is 24.4 Å². The zero-order valence-corrected chi connectivity index (χ0v) is 5.58. The number of nitrogens with two attached hydrogens (primary N) is 1. The van der Waals surface area contributed by atoms with E-state index in [0.717, 1.165) is 0 Å². The van der Waals surface area contributed by atoms with Crippen LogP contribution in [0.1, 0.15) is 11.5 Å². The van der Waals surface area contributed by atoms with Crippen LogP contribution < -0.4 is 5.73 Å². The average molecular weight is 142 g/mol. The van der Waals surface area contributed by atoms with Crippen LogP contribution in [-0.4, -0.2) is 16.6 Å². The van der Waals surface area contributed by atoms with Crippen LogP contribution in [0.15, 0.2) is 10.8 Å². The lowest BCUT2D eigenvalue weighted by molar-refractivity contribution is 0.274. The molecule has 4 heteroatoms. The molecule has 1 aromatic heterocycles. The van der Waals surface area contributed by atoms with Crippen molar-refractivity contribution in [2.24, 2.45) is 5.73 Å². The minimum Gasteiger partial charge on any atom is -0.448 e. The molecule has 0 unspecified atom stereocenters. The zero-order chi connectivity index (χ0) is 7.40. The molecule has 0 amide bonds. The standard InChI is InChI=1S/C6H10N2O2/c7-2-1-6-5(3-9)8-4-10-6/h4,9H,1-3,7H2. The highest BCUT2D eigenvalue weighted by atomic mass is 16.3. The molecule has 0 aliphatic rings.